The van der Waals surface area contributed by atoms with E-state index in [-0.39, 0.29) is 5.91 Å². The minimum absolute atomic E-state index is 0.00816. The molecule has 0 atom stereocenters. The molecule has 3 aromatic rings. The van der Waals surface area contributed by atoms with Gasteiger partial charge in [0.1, 0.15) is 12.4 Å². The molecule has 0 fully saturated rings. The lowest BCUT2D eigenvalue weighted by atomic mass is 9.84. The molecule has 28 heavy (non-hydrogen) atoms. The molecular weight excluding hydrogens is 370 g/mol. The predicted molar refractivity (Wildman–Crippen MR) is 115 cm³/mol. The Bertz CT molecular complexity index is 904. The molecule has 1 amide bonds. The second-order valence-corrected chi connectivity index (χ2v) is 7.88. The average molecular weight is 394 g/mol. The number of nitrogens with one attached hydrogen (secondary N) is 1. The summed E-state index contributed by atoms with van der Waals surface area (Å²) in [4.78, 5) is 12.7. The zero-order chi connectivity index (χ0) is 20.0. The Labute approximate surface area is 171 Å². The van der Waals surface area contributed by atoms with Crippen LogP contribution in [-0.2, 0) is 17.8 Å². The molecule has 3 nitrogen and oxygen atoms in total. The number of carbonyl (C=O) groups excluding carboxylic acids is 1. The molecule has 0 aliphatic carbocycles. The number of hydrogen-bond donors (Lipinski definition) is 1. The third kappa shape index (κ3) is 5.61. The van der Waals surface area contributed by atoms with Crippen molar-refractivity contribution in [2.45, 2.75) is 26.9 Å². The molecule has 0 saturated carbocycles. The number of amides is 1. The Hall–Kier alpha value is -2.78. The number of ether oxygens (including phenoxy) is 1. The second kappa shape index (κ2) is 8.94. The zero-order valence-electron chi connectivity index (χ0n) is 16.1. The summed E-state index contributed by atoms with van der Waals surface area (Å²) in [7, 11) is 0. The Morgan fingerprint density at radius 2 is 1.54 bits per heavy atom. The smallest absolute Gasteiger partial charge is 0.230 e. The maximum Gasteiger partial charge on any atom is 0.230 e. The minimum atomic E-state index is -0.509. The quantitative estimate of drug-likeness (QED) is 0.524. The Balaban J connectivity index is 1.55. The van der Waals surface area contributed by atoms with E-state index in [1.165, 1.54) is 0 Å². The summed E-state index contributed by atoms with van der Waals surface area (Å²) in [6.45, 7) is 4.38. The molecule has 144 valence electrons. The van der Waals surface area contributed by atoms with Crippen molar-refractivity contribution in [3.8, 4) is 5.75 Å². The molecule has 0 saturated heterocycles. The summed E-state index contributed by atoms with van der Waals surface area (Å²) in [5, 5.41) is 3.71. The highest BCUT2D eigenvalue weighted by atomic mass is 35.5. The molecule has 0 radical (unpaired) electrons. The lowest BCUT2D eigenvalue weighted by Crippen LogP contribution is -2.32. The van der Waals surface area contributed by atoms with Crippen LogP contribution in [-0.4, -0.2) is 5.91 Å². The van der Waals surface area contributed by atoms with Gasteiger partial charge in [0.05, 0.1) is 0 Å². The Kier molecular flexibility index (Phi) is 6.37. The van der Waals surface area contributed by atoms with E-state index < -0.39 is 5.41 Å². The highest BCUT2D eigenvalue weighted by Crippen LogP contribution is 2.25. The van der Waals surface area contributed by atoms with Gasteiger partial charge in [-0.05, 0) is 53.9 Å². The SMILES string of the molecule is CC(C)(Cc1ccccc1)C(=O)Nc1ccc(OCc2ccc(Cl)cc2)cc1. The van der Waals surface area contributed by atoms with Crippen LogP contribution >= 0.6 is 11.6 Å². The molecule has 1 N–H and O–H groups in total. The number of carbonyl (C=O) groups is 1. The van der Waals surface area contributed by atoms with E-state index in [1.54, 1.807) is 0 Å². The van der Waals surface area contributed by atoms with Gasteiger partial charge in [-0.1, -0.05) is 67.9 Å². The van der Waals surface area contributed by atoms with Crippen LogP contribution in [0, 0.1) is 5.41 Å². The molecule has 0 heterocycles. The molecule has 0 bridgehead atoms. The molecule has 0 aromatic heterocycles. The second-order valence-electron chi connectivity index (χ2n) is 7.44. The van der Waals surface area contributed by atoms with E-state index in [0.29, 0.717) is 18.1 Å². The summed E-state index contributed by atoms with van der Waals surface area (Å²) in [6.07, 6.45) is 0.683. The summed E-state index contributed by atoms with van der Waals surface area (Å²) in [5.41, 5.74) is 2.44. The van der Waals surface area contributed by atoms with Crippen molar-refractivity contribution in [2.75, 3.05) is 5.32 Å². The van der Waals surface area contributed by atoms with E-state index in [1.807, 2.05) is 92.7 Å². The van der Waals surface area contributed by atoms with E-state index in [9.17, 15) is 4.79 Å². The van der Waals surface area contributed by atoms with Gasteiger partial charge in [-0.25, -0.2) is 0 Å². The van der Waals surface area contributed by atoms with Gasteiger partial charge in [-0.2, -0.15) is 0 Å². The van der Waals surface area contributed by atoms with Gasteiger partial charge in [0.15, 0.2) is 0 Å². The first-order valence-corrected chi connectivity index (χ1v) is 9.63. The number of hydrogen-bond acceptors (Lipinski definition) is 2. The van der Waals surface area contributed by atoms with Crippen LogP contribution in [0.25, 0.3) is 0 Å². The maximum atomic E-state index is 12.7. The van der Waals surface area contributed by atoms with E-state index in [2.05, 4.69) is 5.32 Å². The van der Waals surface area contributed by atoms with Crippen molar-refractivity contribution in [1.82, 2.24) is 0 Å². The maximum absolute atomic E-state index is 12.7. The first-order chi connectivity index (χ1) is 13.4. The van der Waals surface area contributed by atoms with Gasteiger partial charge in [-0.3, -0.25) is 4.79 Å². The van der Waals surface area contributed by atoms with E-state index in [4.69, 9.17) is 16.3 Å². The van der Waals surface area contributed by atoms with Crippen LogP contribution in [0.15, 0.2) is 78.9 Å². The van der Waals surface area contributed by atoms with Crippen LogP contribution in [0.1, 0.15) is 25.0 Å². The summed E-state index contributed by atoms with van der Waals surface area (Å²) < 4.78 is 5.78. The van der Waals surface area contributed by atoms with E-state index in [0.717, 1.165) is 22.6 Å². The van der Waals surface area contributed by atoms with Crippen molar-refractivity contribution in [3.63, 3.8) is 0 Å². The molecule has 4 heteroatoms. The molecule has 0 spiro atoms. The standard InChI is InChI=1S/C24H24ClNO2/c1-24(2,16-18-6-4-3-5-7-18)23(27)26-21-12-14-22(15-13-21)28-17-19-8-10-20(25)11-9-19/h3-15H,16-17H2,1-2H3,(H,26,27). The van der Waals surface area contributed by atoms with Crippen molar-refractivity contribution < 1.29 is 9.53 Å². The molecule has 0 aliphatic rings. The third-order valence-electron chi connectivity index (χ3n) is 4.53. The molecule has 0 unspecified atom stereocenters. The van der Waals surface area contributed by atoms with Gasteiger partial charge >= 0.3 is 0 Å². The first-order valence-electron chi connectivity index (χ1n) is 9.25. The minimum Gasteiger partial charge on any atom is -0.489 e. The largest absolute Gasteiger partial charge is 0.489 e. The summed E-state index contributed by atoms with van der Waals surface area (Å²) >= 11 is 5.89. The van der Waals surface area contributed by atoms with Crippen LogP contribution in [0.4, 0.5) is 5.69 Å². The lowest BCUT2D eigenvalue weighted by molar-refractivity contribution is -0.123. The van der Waals surface area contributed by atoms with Gasteiger partial charge in [0.25, 0.3) is 0 Å². The van der Waals surface area contributed by atoms with Crippen molar-refractivity contribution in [1.29, 1.82) is 0 Å². The lowest BCUT2D eigenvalue weighted by Gasteiger charge is -2.23. The topological polar surface area (TPSA) is 38.3 Å². The van der Waals surface area contributed by atoms with Gasteiger partial charge in [0, 0.05) is 16.1 Å². The highest BCUT2D eigenvalue weighted by molar-refractivity contribution is 6.30. The van der Waals surface area contributed by atoms with Crippen LogP contribution in [0.3, 0.4) is 0 Å². The number of rotatable bonds is 7. The van der Waals surface area contributed by atoms with Crippen LogP contribution in [0.5, 0.6) is 5.75 Å². The normalized spacial score (nSPS) is 11.1. The number of halogens is 1. The first kappa shape index (κ1) is 20.0. The highest BCUT2D eigenvalue weighted by Gasteiger charge is 2.27. The van der Waals surface area contributed by atoms with E-state index >= 15 is 0 Å². The van der Waals surface area contributed by atoms with Gasteiger partial charge < -0.3 is 10.1 Å². The van der Waals surface area contributed by atoms with Crippen molar-refractivity contribution in [2.24, 2.45) is 5.41 Å². The fourth-order valence-corrected chi connectivity index (χ4v) is 2.99. The fraction of sp³-hybridized carbons (Fsp3) is 0.208. The Morgan fingerprint density at radius 3 is 2.18 bits per heavy atom. The van der Waals surface area contributed by atoms with Crippen LogP contribution < -0.4 is 10.1 Å². The van der Waals surface area contributed by atoms with Gasteiger partial charge in [0.2, 0.25) is 5.91 Å². The summed E-state index contributed by atoms with van der Waals surface area (Å²) in [6, 6.07) is 25.0. The monoisotopic (exact) mass is 393 g/mol. The molecule has 3 rings (SSSR count). The van der Waals surface area contributed by atoms with Crippen molar-refractivity contribution in [3.05, 3.63) is 95.0 Å². The molecule has 0 aliphatic heterocycles. The third-order valence-corrected chi connectivity index (χ3v) is 4.79. The zero-order valence-corrected chi connectivity index (χ0v) is 16.9. The number of anilines is 1. The Morgan fingerprint density at radius 1 is 0.893 bits per heavy atom. The van der Waals surface area contributed by atoms with Crippen molar-refractivity contribution >= 4 is 23.2 Å². The van der Waals surface area contributed by atoms with Crippen LogP contribution in [0.2, 0.25) is 5.02 Å². The fourth-order valence-electron chi connectivity index (χ4n) is 2.87. The number of benzene rings is 3. The molecular formula is C24H24ClNO2. The predicted octanol–water partition coefficient (Wildman–Crippen LogP) is 6.13. The molecule has 3 aromatic carbocycles. The average Bonchev–Trinajstić information content (AvgIpc) is 2.69. The van der Waals surface area contributed by atoms with Gasteiger partial charge in [-0.15, -0.1) is 0 Å². The summed E-state index contributed by atoms with van der Waals surface area (Å²) in [5.74, 6) is 0.739.